The van der Waals surface area contributed by atoms with Crippen LogP contribution in [0.5, 0.6) is 0 Å². The minimum atomic E-state index is -0.963. The van der Waals surface area contributed by atoms with Crippen molar-refractivity contribution in [3.05, 3.63) is 47.7 Å². The second-order valence-corrected chi connectivity index (χ2v) is 16.2. The van der Waals surface area contributed by atoms with Crippen LogP contribution in [-0.2, 0) is 16.0 Å². The Bertz CT molecular complexity index is 1360. The molecule has 3 N–H and O–H groups in total. The van der Waals surface area contributed by atoms with Gasteiger partial charge in [0, 0.05) is 35.9 Å². The van der Waals surface area contributed by atoms with Gasteiger partial charge in [-0.05, 0) is 98.1 Å². The fourth-order valence-corrected chi connectivity index (χ4v) is 10.9. The molecule has 5 nitrogen and oxygen atoms in total. The molecule has 0 saturated heterocycles. The molecule has 0 radical (unpaired) electrons. The minimum Gasteiger partial charge on any atom is -0.462 e. The summed E-state index contributed by atoms with van der Waals surface area (Å²) in [6, 6.07) is 8.33. The van der Waals surface area contributed by atoms with Crippen molar-refractivity contribution in [2.75, 3.05) is 6.54 Å². The molecule has 0 bridgehead atoms. The number of para-hydroxylation sites is 1. The van der Waals surface area contributed by atoms with Gasteiger partial charge in [-0.3, -0.25) is 4.79 Å². The molecule has 1 aromatic heterocycles. The van der Waals surface area contributed by atoms with Gasteiger partial charge < -0.3 is 20.1 Å². The molecule has 242 valence electrons. The highest BCUT2D eigenvalue weighted by Crippen LogP contribution is 2.67. The van der Waals surface area contributed by atoms with Crippen molar-refractivity contribution < 1.29 is 14.6 Å². The zero-order valence-corrected chi connectivity index (χ0v) is 28.3. The summed E-state index contributed by atoms with van der Waals surface area (Å²) in [6.07, 6.45) is 16.6. The van der Waals surface area contributed by atoms with Crippen molar-refractivity contribution in [1.29, 1.82) is 0 Å². The maximum absolute atomic E-state index is 12.8. The molecule has 3 saturated carbocycles. The summed E-state index contributed by atoms with van der Waals surface area (Å²) >= 11 is 0. The summed E-state index contributed by atoms with van der Waals surface area (Å²) in [5.41, 5.74) is 3.25. The molecule has 0 unspecified atom stereocenters. The van der Waals surface area contributed by atoms with Gasteiger partial charge in [0.15, 0.2) is 0 Å². The number of aromatic nitrogens is 1. The van der Waals surface area contributed by atoms with Crippen molar-refractivity contribution in [1.82, 2.24) is 10.3 Å². The molecule has 44 heavy (non-hydrogen) atoms. The Morgan fingerprint density at radius 2 is 1.86 bits per heavy atom. The highest BCUT2D eigenvalue weighted by atomic mass is 16.5. The van der Waals surface area contributed by atoms with Gasteiger partial charge in [0.2, 0.25) is 0 Å². The summed E-state index contributed by atoms with van der Waals surface area (Å²) in [4.78, 5) is 15.4. The van der Waals surface area contributed by atoms with Gasteiger partial charge in [-0.15, -0.1) is 0 Å². The van der Waals surface area contributed by atoms with E-state index in [2.05, 4.69) is 81.5 Å². The van der Waals surface area contributed by atoms with Crippen LogP contribution in [0.1, 0.15) is 111 Å². The molecule has 1 heterocycles. The zero-order valence-electron chi connectivity index (χ0n) is 28.3. The molecular formula is C39H58N2O3. The van der Waals surface area contributed by atoms with E-state index in [0.717, 1.165) is 50.0 Å². The van der Waals surface area contributed by atoms with Crippen LogP contribution in [-0.4, -0.2) is 40.4 Å². The second-order valence-electron chi connectivity index (χ2n) is 16.2. The van der Waals surface area contributed by atoms with E-state index in [9.17, 15) is 9.90 Å². The fourth-order valence-electron chi connectivity index (χ4n) is 10.9. The molecular weight excluding hydrogens is 544 g/mol. The summed E-state index contributed by atoms with van der Waals surface area (Å²) in [5.74, 6) is 3.08. The number of hydrogen-bond donors (Lipinski definition) is 3. The Labute approximate surface area is 266 Å². The number of esters is 1. The number of nitrogens with one attached hydrogen (secondary N) is 2. The third-order valence-corrected chi connectivity index (χ3v) is 13.2. The van der Waals surface area contributed by atoms with Gasteiger partial charge in [0.05, 0.1) is 11.6 Å². The number of benzene rings is 1. The average Bonchev–Trinajstić information content (AvgIpc) is 3.54. The van der Waals surface area contributed by atoms with Gasteiger partial charge in [0.1, 0.15) is 6.10 Å². The van der Waals surface area contributed by atoms with Crippen LogP contribution in [0.15, 0.2) is 42.1 Å². The third kappa shape index (κ3) is 5.48. The van der Waals surface area contributed by atoms with E-state index in [-0.39, 0.29) is 23.5 Å². The van der Waals surface area contributed by atoms with E-state index in [1.165, 1.54) is 61.9 Å². The summed E-state index contributed by atoms with van der Waals surface area (Å²) < 4.78 is 5.77. The monoisotopic (exact) mass is 602 g/mol. The number of hydrogen-bond acceptors (Lipinski definition) is 4. The number of ether oxygens (including phenoxy) is 1. The molecule has 0 aliphatic heterocycles. The number of H-pyrrole nitrogens is 1. The first kappa shape index (κ1) is 31.9. The largest absolute Gasteiger partial charge is 0.462 e. The Hall–Kier alpha value is -2.11. The number of fused-ring (bicyclic) bond motifs is 6. The Morgan fingerprint density at radius 1 is 1.07 bits per heavy atom. The number of carbonyl (C=O) groups excluding carboxylic acids is 1. The van der Waals surface area contributed by atoms with Crippen LogP contribution in [0.4, 0.5) is 0 Å². The first-order valence-corrected chi connectivity index (χ1v) is 17.9. The van der Waals surface area contributed by atoms with Crippen LogP contribution in [0.25, 0.3) is 10.9 Å². The highest BCUT2D eigenvalue weighted by molar-refractivity contribution is 5.83. The second kappa shape index (κ2) is 12.2. The predicted octanol–water partition coefficient (Wildman–Crippen LogP) is 8.37. The third-order valence-electron chi connectivity index (χ3n) is 13.2. The normalized spacial score (nSPS) is 37.3. The average molecular weight is 603 g/mol. The maximum atomic E-state index is 12.8. The predicted molar refractivity (Wildman–Crippen MR) is 179 cm³/mol. The van der Waals surface area contributed by atoms with E-state index in [1.54, 1.807) is 5.57 Å². The summed E-state index contributed by atoms with van der Waals surface area (Å²) in [5, 5.41) is 18.0. The summed E-state index contributed by atoms with van der Waals surface area (Å²) in [7, 11) is 0. The number of aromatic amines is 1. The molecule has 6 rings (SSSR count). The quantitative estimate of drug-likeness (QED) is 0.189. The highest BCUT2D eigenvalue weighted by Gasteiger charge is 2.65. The van der Waals surface area contributed by atoms with Crippen LogP contribution >= 0.6 is 0 Å². The minimum absolute atomic E-state index is 0.160. The van der Waals surface area contributed by atoms with Crippen molar-refractivity contribution in [3.8, 4) is 0 Å². The van der Waals surface area contributed by atoms with Crippen LogP contribution in [0, 0.1) is 40.4 Å². The first-order chi connectivity index (χ1) is 21.0. The maximum Gasteiger partial charge on any atom is 0.302 e. The van der Waals surface area contributed by atoms with Crippen molar-refractivity contribution >= 4 is 16.9 Å². The van der Waals surface area contributed by atoms with Gasteiger partial charge in [-0.25, -0.2) is 0 Å². The molecule has 0 spiro atoms. The lowest BCUT2D eigenvalue weighted by atomic mass is 9.45. The standard InChI is InChI=1S/C39H58N2O3/c1-25(2)10-9-11-26(3)32-14-15-33-31-22-36(40-21-18-28-24-41-35-13-8-7-12-30(28)35)39(43)23-29(44-27(4)42)16-20-38(39,6)34(31)17-19-37(32,33)5/h7-8,12-13,22,24-26,29,32-34,36,40-41,43H,9-11,14-21,23H2,1-6H3/t26-,29+,32-,33+,34+,36-,37-,38-,39+/m1/s1. The smallest absolute Gasteiger partial charge is 0.302 e. The lowest BCUT2D eigenvalue weighted by molar-refractivity contribution is -0.192. The van der Waals surface area contributed by atoms with E-state index >= 15 is 0 Å². The molecule has 4 aliphatic carbocycles. The summed E-state index contributed by atoms with van der Waals surface area (Å²) in [6.45, 7) is 14.5. The van der Waals surface area contributed by atoms with Crippen LogP contribution in [0.2, 0.25) is 0 Å². The molecule has 4 aliphatic rings. The van der Waals surface area contributed by atoms with E-state index in [0.29, 0.717) is 23.7 Å². The Morgan fingerprint density at radius 3 is 2.64 bits per heavy atom. The SMILES string of the molecule is CC(=O)O[C@H]1CC[C@]2(C)[C@H]3CC[C@]4(C)[C@@H]([C@H](C)CCCC(C)C)CC[C@H]4C3=C[C@@H](NCCc3c[nH]c4ccccc34)[C@@]2(O)C1. The van der Waals surface area contributed by atoms with Crippen molar-refractivity contribution in [2.24, 2.45) is 40.4 Å². The lowest BCUT2D eigenvalue weighted by Crippen LogP contribution is -2.68. The lowest BCUT2D eigenvalue weighted by Gasteiger charge is -2.63. The molecule has 5 heteroatoms. The topological polar surface area (TPSA) is 74.3 Å². The molecule has 1 aromatic carbocycles. The number of rotatable bonds is 10. The van der Waals surface area contributed by atoms with Gasteiger partial charge in [-0.1, -0.05) is 83.7 Å². The fraction of sp³-hybridized carbons (Fsp3) is 0.718. The Balaban J connectivity index is 1.28. The molecule has 9 atom stereocenters. The van der Waals surface area contributed by atoms with Crippen LogP contribution in [0.3, 0.4) is 0 Å². The number of allylic oxidation sites excluding steroid dienone is 1. The first-order valence-electron chi connectivity index (χ1n) is 17.9. The van der Waals surface area contributed by atoms with Gasteiger partial charge >= 0.3 is 5.97 Å². The van der Waals surface area contributed by atoms with E-state index < -0.39 is 5.60 Å². The number of aliphatic hydroxyl groups is 1. The zero-order chi connectivity index (χ0) is 31.3. The van der Waals surface area contributed by atoms with Gasteiger partial charge in [-0.2, -0.15) is 0 Å². The van der Waals surface area contributed by atoms with E-state index in [1.807, 2.05) is 0 Å². The van der Waals surface area contributed by atoms with Crippen LogP contribution < -0.4 is 5.32 Å². The van der Waals surface area contributed by atoms with Crippen molar-refractivity contribution in [3.63, 3.8) is 0 Å². The Kier molecular flexibility index (Phi) is 8.87. The van der Waals surface area contributed by atoms with Crippen molar-refractivity contribution in [2.45, 2.75) is 130 Å². The molecule has 2 aromatic rings. The molecule has 0 amide bonds. The number of carbonyl (C=O) groups is 1. The van der Waals surface area contributed by atoms with E-state index in [4.69, 9.17) is 4.74 Å². The molecule has 3 fully saturated rings. The van der Waals surface area contributed by atoms with Gasteiger partial charge in [0.25, 0.3) is 0 Å².